The van der Waals surface area contributed by atoms with Crippen LogP contribution in [0.5, 0.6) is 5.75 Å². The molecule has 3 rings (SSSR count). The van der Waals surface area contributed by atoms with Gasteiger partial charge in [0.25, 0.3) is 0 Å². The van der Waals surface area contributed by atoms with E-state index >= 15 is 0 Å². The highest BCUT2D eigenvalue weighted by Gasteiger charge is 2.14. The molecule has 0 spiro atoms. The molecule has 174 valence electrons. The molecular formula is C24H25FN2O4S2. The summed E-state index contributed by atoms with van der Waals surface area (Å²) < 4.78 is 46.4. The summed E-state index contributed by atoms with van der Waals surface area (Å²) in [6.07, 6.45) is 0. The maximum atomic E-state index is 13.3. The molecule has 0 bridgehead atoms. The largest absolute Gasteiger partial charge is 0.494 e. The molecule has 3 aromatic carbocycles. The van der Waals surface area contributed by atoms with Crippen molar-refractivity contribution < 1.29 is 22.3 Å². The molecular weight excluding hydrogens is 463 g/mol. The Kier molecular flexibility index (Phi) is 8.87. The van der Waals surface area contributed by atoms with Crippen molar-refractivity contribution in [2.75, 3.05) is 12.4 Å². The predicted octanol–water partition coefficient (Wildman–Crippen LogP) is 4.11. The minimum atomic E-state index is -3.79. The third-order valence-electron chi connectivity index (χ3n) is 4.56. The Labute approximate surface area is 197 Å². The maximum Gasteiger partial charge on any atom is 0.240 e. The Morgan fingerprint density at radius 1 is 0.970 bits per heavy atom. The number of benzene rings is 3. The van der Waals surface area contributed by atoms with Crippen LogP contribution in [0.3, 0.4) is 0 Å². The topological polar surface area (TPSA) is 84.5 Å². The van der Waals surface area contributed by atoms with Crippen LogP contribution in [0.1, 0.15) is 18.1 Å². The van der Waals surface area contributed by atoms with Crippen molar-refractivity contribution in [2.24, 2.45) is 0 Å². The van der Waals surface area contributed by atoms with Crippen molar-refractivity contribution in [2.45, 2.75) is 29.8 Å². The Hall–Kier alpha value is -2.88. The summed E-state index contributed by atoms with van der Waals surface area (Å²) >= 11 is 1.40. The molecule has 0 aliphatic heterocycles. The second-order valence-corrected chi connectivity index (χ2v) is 9.89. The second kappa shape index (κ2) is 11.8. The highest BCUT2D eigenvalue weighted by molar-refractivity contribution is 8.00. The summed E-state index contributed by atoms with van der Waals surface area (Å²) in [6, 6.07) is 19.6. The zero-order valence-electron chi connectivity index (χ0n) is 18.1. The van der Waals surface area contributed by atoms with E-state index in [-0.39, 0.29) is 29.6 Å². The van der Waals surface area contributed by atoms with E-state index in [0.29, 0.717) is 17.7 Å². The minimum absolute atomic E-state index is 0.0240. The van der Waals surface area contributed by atoms with Crippen LogP contribution >= 0.6 is 11.8 Å². The summed E-state index contributed by atoms with van der Waals surface area (Å²) in [6.45, 7) is 2.70. The van der Waals surface area contributed by atoms with Crippen molar-refractivity contribution in [1.82, 2.24) is 10.0 Å². The molecule has 0 heterocycles. The van der Waals surface area contributed by atoms with Crippen molar-refractivity contribution in [3.63, 3.8) is 0 Å². The lowest BCUT2D eigenvalue weighted by molar-refractivity contribution is -0.118. The first kappa shape index (κ1) is 24.8. The lowest BCUT2D eigenvalue weighted by atomic mass is 10.2. The van der Waals surface area contributed by atoms with E-state index in [1.165, 1.54) is 42.1 Å². The lowest BCUT2D eigenvalue weighted by Crippen LogP contribution is -2.25. The Bertz CT molecular complexity index is 1190. The monoisotopic (exact) mass is 488 g/mol. The summed E-state index contributed by atoms with van der Waals surface area (Å²) in [7, 11) is -3.79. The van der Waals surface area contributed by atoms with Gasteiger partial charge in [0, 0.05) is 18.0 Å². The van der Waals surface area contributed by atoms with Gasteiger partial charge < -0.3 is 10.1 Å². The average Bonchev–Trinajstić information content (AvgIpc) is 2.81. The van der Waals surface area contributed by atoms with Crippen LogP contribution in [-0.2, 0) is 27.9 Å². The number of halogens is 1. The zero-order chi connectivity index (χ0) is 23.7. The molecule has 0 aromatic heterocycles. The fourth-order valence-electron chi connectivity index (χ4n) is 2.93. The van der Waals surface area contributed by atoms with Gasteiger partial charge in [0.05, 0.1) is 17.3 Å². The van der Waals surface area contributed by atoms with E-state index in [4.69, 9.17) is 4.74 Å². The van der Waals surface area contributed by atoms with Crippen molar-refractivity contribution in [3.05, 3.63) is 89.7 Å². The summed E-state index contributed by atoms with van der Waals surface area (Å²) in [5.41, 5.74) is 1.18. The number of rotatable bonds is 11. The molecule has 2 N–H and O–H groups in total. The van der Waals surface area contributed by atoms with Crippen molar-refractivity contribution in [3.8, 4) is 5.75 Å². The number of carbonyl (C=O) groups excluding carboxylic acids is 1. The van der Waals surface area contributed by atoms with Gasteiger partial charge in [-0.2, -0.15) is 0 Å². The number of ether oxygens (including phenoxy) is 1. The van der Waals surface area contributed by atoms with Gasteiger partial charge in [-0.25, -0.2) is 17.5 Å². The Balaban J connectivity index is 1.51. The van der Waals surface area contributed by atoms with Crippen LogP contribution in [0.2, 0.25) is 0 Å². The molecule has 1 amide bonds. The molecule has 0 unspecified atom stereocenters. The van der Waals surface area contributed by atoms with Gasteiger partial charge in [-0.15, -0.1) is 11.8 Å². The number of hydrogen-bond donors (Lipinski definition) is 2. The van der Waals surface area contributed by atoms with Gasteiger partial charge in [-0.3, -0.25) is 4.79 Å². The molecule has 0 aliphatic rings. The second-order valence-electron chi connectivity index (χ2n) is 7.07. The van der Waals surface area contributed by atoms with Crippen molar-refractivity contribution in [1.29, 1.82) is 0 Å². The first-order chi connectivity index (χ1) is 15.9. The molecule has 3 aromatic rings. The molecule has 0 atom stereocenters. The quantitative estimate of drug-likeness (QED) is 0.397. The molecule has 0 saturated carbocycles. The molecule has 33 heavy (non-hydrogen) atoms. The fraction of sp³-hybridized carbons (Fsp3) is 0.208. The van der Waals surface area contributed by atoms with Gasteiger partial charge in [0.2, 0.25) is 15.9 Å². The van der Waals surface area contributed by atoms with Crippen LogP contribution in [-0.4, -0.2) is 26.7 Å². The van der Waals surface area contributed by atoms with Crippen molar-refractivity contribution >= 4 is 27.7 Å². The van der Waals surface area contributed by atoms with E-state index in [1.54, 1.807) is 18.2 Å². The molecule has 0 radical (unpaired) electrons. The number of sulfonamides is 1. The zero-order valence-corrected chi connectivity index (χ0v) is 19.7. The van der Waals surface area contributed by atoms with Crippen LogP contribution in [0, 0.1) is 5.82 Å². The number of hydrogen-bond acceptors (Lipinski definition) is 5. The number of amides is 1. The normalized spacial score (nSPS) is 11.2. The SMILES string of the molecule is CCOc1ccc(SCC(=O)NCc2cccc(S(=O)(=O)NCc3cccc(F)c3)c2)cc1. The van der Waals surface area contributed by atoms with E-state index < -0.39 is 15.8 Å². The van der Waals surface area contributed by atoms with E-state index in [1.807, 2.05) is 31.2 Å². The average molecular weight is 489 g/mol. The number of nitrogens with one attached hydrogen (secondary N) is 2. The third kappa shape index (κ3) is 7.88. The minimum Gasteiger partial charge on any atom is -0.494 e. The first-order valence-corrected chi connectivity index (χ1v) is 12.8. The fourth-order valence-corrected chi connectivity index (χ4v) is 4.75. The van der Waals surface area contributed by atoms with Gasteiger partial charge in [0.15, 0.2) is 0 Å². The van der Waals surface area contributed by atoms with Crippen LogP contribution < -0.4 is 14.8 Å². The molecule has 6 nitrogen and oxygen atoms in total. The smallest absolute Gasteiger partial charge is 0.240 e. The third-order valence-corrected chi connectivity index (χ3v) is 6.97. The first-order valence-electron chi connectivity index (χ1n) is 10.3. The number of thioether (sulfide) groups is 1. The summed E-state index contributed by atoms with van der Waals surface area (Å²) in [5.74, 6) is 0.435. The maximum absolute atomic E-state index is 13.3. The van der Waals surface area contributed by atoms with E-state index in [9.17, 15) is 17.6 Å². The highest BCUT2D eigenvalue weighted by Crippen LogP contribution is 2.21. The standard InChI is InChI=1S/C24H25FN2O4S2/c1-2-31-21-9-11-22(12-10-21)32-17-24(28)26-15-19-6-4-8-23(14-19)33(29,30)27-16-18-5-3-7-20(25)13-18/h3-14,27H,2,15-17H2,1H3,(H,26,28). The summed E-state index contributed by atoms with van der Waals surface area (Å²) in [4.78, 5) is 13.2. The molecule has 0 aliphatic carbocycles. The van der Waals surface area contributed by atoms with Crippen LogP contribution in [0.25, 0.3) is 0 Å². The van der Waals surface area contributed by atoms with Gasteiger partial charge in [-0.05, 0) is 66.6 Å². The van der Waals surface area contributed by atoms with Crippen LogP contribution in [0.4, 0.5) is 4.39 Å². The van der Waals surface area contributed by atoms with Gasteiger partial charge in [-0.1, -0.05) is 24.3 Å². The molecule has 9 heteroatoms. The van der Waals surface area contributed by atoms with Crippen LogP contribution in [0.15, 0.2) is 82.6 Å². The Morgan fingerprint density at radius 2 is 1.67 bits per heavy atom. The number of carbonyl (C=O) groups is 1. The van der Waals surface area contributed by atoms with E-state index in [2.05, 4.69) is 10.0 Å². The Morgan fingerprint density at radius 3 is 2.36 bits per heavy atom. The predicted molar refractivity (Wildman–Crippen MR) is 127 cm³/mol. The van der Waals surface area contributed by atoms with Gasteiger partial charge in [0.1, 0.15) is 11.6 Å². The lowest BCUT2D eigenvalue weighted by Gasteiger charge is -2.10. The highest BCUT2D eigenvalue weighted by atomic mass is 32.2. The van der Waals surface area contributed by atoms with E-state index in [0.717, 1.165) is 10.6 Å². The van der Waals surface area contributed by atoms with Gasteiger partial charge >= 0.3 is 0 Å². The molecule has 0 fully saturated rings. The summed E-state index contributed by atoms with van der Waals surface area (Å²) in [5, 5.41) is 2.80. The molecule has 0 saturated heterocycles.